The van der Waals surface area contributed by atoms with Crippen LogP contribution in [0.4, 0.5) is 5.82 Å². The van der Waals surface area contributed by atoms with Crippen LogP contribution in [0.1, 0.15) is 25.3 Å². The minimum Gasteiger partial charge on any atom is -0.387 e. The molecule has 0 spiro atoms. The third kappa shape index (κ3) is 2.46. The Morgan fingerprint density at radius 2 is 1.95 bits per heavy atom. The number of aryl methyl sites for hydroxylation is 1. The zero-order chi connectivity index (χ0) is 15.0. The first-order valence-electron chi connectivity index (χ1n) is 7.45. The lowest BCUT2D eigenvalue weighted by Crippen LogP contribution is -2.45. The van der Waals surface area contributed by atoms with Crippen LogP contribution in [-0.2, 0) is 0 Å². The molecule has 3 rings (SSSR count). The molecule has 1 aliphatic rings. The molecule has 21 heavy (non-hydrogen) atoms. The largest absolute Gasteiger partial charge is 0.387 e. The van der Waals surface area contributed by atoms with Gasteiger partial charge in [-0.3, -0.25) is 5.41 Å². The van der Waals surface area contributed by atoms with Crippen molar-refractivity contribution in [3.8, 4) is 0 Å². The van der Waals surface area contributed by atoms with Crippen molar-refractivity contribution in [2.24, 2.45) is 11.1 Å². The molecule has 1 aromatic heterocycles. The number of aromatic nitrogens is 1. The normalized spacial score (nSPS) is 17.9. The number of rotatable bonds is 2. The van der Waals surface area contributed by atoms with E-state index in [1.165, 1.54) is 10.9 Å². The van der Waals surface area contributed by atoms with Gasteiger partial charge in [-0.05, 0) is 37.5 Å². The second-order valence-electron chi connectivity index (χ2n) is 6.28. The van der Waals surface area contributed by atoms with E-state index in [2.05, 4.69) is 36.9 Å². The van der Waals surface area contributed by atoms with E-state index >= 15 is 0 Å². The summed E-state index contributed by atoms with van der Waals surface area (Å²) in [6.45, 7) is 6.02. The van der Waals surface area contributed by atoms with Crippen molar-refractivity contribution in [1.29, 1.82) is 5.41 Å². The van der Waals surface area contributed by atoms with Crippen LogP contribution in [0.2, 0.25) is 0 Å². The van der Waals surface area contributed by atoms with Crippen LogP contribution in [0.5, 0.6) is 0 Å². The first-order chi connectivity index (χ1) is 9.99. The third-order valence-corrected chi connectivity index (χ3v) is 4.70. The van der Waals surface area contributed by atoms with Crippen LogP contribution in [-0.4, -0.2) is 23.9 Å². The fraction of sp³-hybridized carbons (Fsp3) is 0.412. The fourth-order valence-electron chi connectivity index (χ4n) is 3.01. The quantitative estimate of drug-likeness (QED) is 0.657. The van der Waals surface area contributed by atoms with Gasteiger partial charge in [0.05, 0.1) is 11.4 Å². The van der Waals surface area contributed by atoms with Crippen molar-refractivity contribution >= 4 is 22.6 Å². The van der Waals surface area contributed by atoms with Crippen molar-refractivity contribution in [2.45, 2.75) is 26.7 Å². The molecule has 4 nitrogen and oxygen atoms in total. The number of fused-ring (bicyclic) bond motifs is 1. The molecule has 3 N–H and O–H groups in total. The zero-order valence-corrected chi connectivity index (χ0v) is 12.7. The summed E-state index contributed by atoms with van der Waals surface area (Å²) >= 11 is 0. The Morgan fingerprint density at radius 1 is 1.29 bits per heavy atom. The monoisotopic (exact) mass is 282 g/mol. The standard InChI is InChI=1S/C17H22N4/c1-12-11-13-5-3-4-6-14(13)20-15(12)21-9-7-17(2,8-10-21)16(18)19/h3-6,11H,7-10H2,1-2H3,(H3,18,19). The first-order valence-corrected chi connectivity index (χ1v) is 7.45. The predicted octanol–water partition coefficient (Wildman–Crippen LogP) is 3.09. The number of nitrogens with two attached hydrogens (primary N) is 1. The lowest BCUT2D eigenvalue weighted by Gasteiger charge is -2.39. The topological polar surface area (TPSA) is 66.0 Å². The number of piperidine rings is 1. The van der Waals surface area contributed by atoms with Gasteiger partial charge in [0.15, 0.2) is 0 Å². The van der Waals surface area contributed by atoms with Gasteiger partial charge in [0.25, 0.3) is 0 Å². The smallest absolute Gasteiger partial charge is 0.132 e. The Hall–Kier alpha value is -2.10. The van der Waals surface area contributed by atoms with Gasteiger partial charge in [-0.2, -0.15) is 0 Å². The van der Waals surface area contributed by atoms with E-state index in [0.717, 1.165) is 37.3 Å². The maximum atomic E-state index is 7.75. The Morgan fingerprint density at radius 3 is 2.62 bits per heavy atom. The van der Waals surface area contributed by atoms with Gasteiger partial charge in [-0.15, -0.1) is 0 Å². The van der Waals surface area contributed by atoms with Crippen molar-refractivity contribution in [3.63, 3.8) is 0 Å². The van der Waals surface area contributed by atoms with Gasteiger partial charge in [0.1, 0.15) is 5.82 Å². The van der Waals surface area contributed by atoms with Gasteiger partial charge in [-0.25, -0.2) is 4.98 Å². The second kappa shape index (κ2) is 5.02. The minimum atomic E-state index is -0.152. The molecule has 0 aliphatic carbocycles. The van der Waals surface area contributed by atoms with E-state index in [1.54, 1.807) is 0 Å². The average Bonchev–Trinajstić information content (AvgIpc) is 2.47. The molecule has 0 bridgehead atoms. The van der Waals surface area contributed by atoms with Crippen LogP contribution in [0.15, 0.2) is 30.3 Å². The highest BCUT2D eigenvalue weighted by atomic mass is 15.2. The summed E-state index contributed by atoms with van der Waals surface area (Å²) in [4.78, 5) is 7.16. The fourth-order valence-corrected chi connectivity index (χ4v) is 3.01. The zero-order valence-electron chi connectivity index (χ0n) is 12.7. The Kier molecular flexibility index (Phi) is 3.32. The summed E-state index contributed by atoms with van der Waals surface area (Å²) < 4.78 is 0. The molecule has 2 heterocycles. The van der Waals surface area contributed by atoms with E-state index in [-0.39, 0.29) is 5.41 Å². The highest BCUT2D eigenvalue weighted by molar-refractivity contribution is 5.84. The summed E-state index contributed by atoms with van der Waals surface area (Å²) in [6, 6.07) is 10.4. The van der Waals surface area contributed by atoms with Crippen molar-refractivity contribution in [3.05, 3.63) is 35.9 Å². The van der Waals surface area contributed by atoms with Crippen molar-refractivity contribution in [2.75, 3.05) is 18.0 Å². The van der Waals surface area contributed by atoms with Gasteiger partial charge in [-0.1, -0.05) is 25.1 Å². The molecule has 1 fully saturated rings. The number of pyridine rings is 1. The molecule has 0 radical (unpaired) electrons. The van der Waals surface area contributed by atoms with Crippen LogP contribution in [0, 0.1) is 17.7 Å². The maximum Gasteiger partial charge on any atom is 0.132 e. The SMILES string of the molecule is Cc1cc2ccccc2nc1N1CCC(C)(C(=N)N)CC1. The molecule has 110 valence electrons. The van der Waals surface area contributed by atoms with E-state index in [4.69, 9.17) is 16.1 Å². The van der Waals surface area contributed by atoms with Crippen LogP contribution in [0.25, 0.3) is 10.9 Å². The van der Waals surface area contributed by atoms with Gasteiger partial charge < -0.3 is 10.6 Å². The molecule has 4 heteroatoms. The molecule has 1 aromatic carbocycles. The van der Waals surface area contributed by atoms with E-state index in [9.17, 15) is 0 Å². The molecule has 0 saturated carbocycles. The summed E-state index contributed by atoms with van der Waals surface area (Å²) in [5.74, 6) is 1.38. The number of hydrogen-bond donors (Lipinski definition) is 2. The number of amidine groups is 1. The third-order valence-electron chi connectivity index (χ3n) is 4.70. The molecule has 0 atom stereocenters. The maximum absolute atomic E-state index is 7.75. The summed E-state index contributed by atoms with van der Waals surface area (Å²) in [7, 11) is 0. The predicted molar refractivity (Wildman–Crippen MR) is 87.9 cm³/mol. The van der Waals surface area contributed by atoms with Gasteiger partial charge >= 0.3 is 0 Å². The number of para-hydroxylation sites is 1. The van der Waals surface area contributed by atoms with E-state index in [0.29, 0.717) is 5.84 Å². The van der Waals surface area contributed by atoms with Crippen LogP contribution >= 0.6 is 0 Å². The van der Waals surface area contributed by atoms with Gasteiger partial charge in [0, 0.05) is 23.9 Å². The Bertz CT molecular complexity index is 684. The highest BCUT2D eigenvalue weighted by Gasteiger charge is 2.33. The number of hydrogen-bond acceptors (Lipinski definition) is 3. The lowest BCUT2D eigenvalue weighted by atomic mass is 9.79. The van der Waals surface area contributed by atoms with Gasteiger partial charge in [0.2, 0.25) is 0 Å². The van der Waals surface area contributed by atoms with Crippen molar-refractivity contribution in [1.82, 2.24) is 4.98 Å². The molecule has 2 aromatic rings. The lowest BCUT2D eigenvalue weighted by molar-refractivity contribution is 0.350. The average molecular weight is 282 g/mol. The Balaban J connectivity index is 1.88. The molecule has 0 amide bonds. The van der Waals surface area contributed by atoms with Crippen LogP contribution < -0.4 is 10.6 Å². The number of benzene rings is 1. The van der Waals surface area contributed by atoms with Crippen LogP contribution in [0.3, 0.4) is 0 Å². The Labute approximate surface area is 125 Å². The summed E-state index contributed by atoms with van der Waals surface area (Å²) in [6.07, 6.45) is 1.83. The molecular weight excluding hydrogens is 260 g/mol. The first kappa shape index (κ1) is 13.9. The number of nitrogens with zero attached hydrogens (tertiary/aromatic N) is 2. The van der Waals surface area contributed by atoms with E-state index < -0.39 is 0 Å². The van der Waals surface area contributed by atoms with E-state index in [1.807, 2.05) is 12.1 Å². The number of anilines is 1. The molecule has 0 unspecified atom stereocenters. The highest BCUT2D eigenvalue weighted by Crippen LogP contribution is 2.33. The van der Waals surface area contributed by atoms with Crippen molar-refractivity contribution < 1.29 is 0 Å². The second-order valence-corrected chi connectivity index (χ2v) is 6.28. The summed E-state index contributed by atoms with van der Waals surface area (Å²) in [5.41, 5.74) is 7.84. The number of nitrogens with one attached hydrogen (secondary N) is 1. The molecule has 1 aliphatic heterocycles. The molecular formula is C17H22N4. The minimum absolute atomic E-state index is 0.152. The molecule has 1 saturated heterocycles. The summed E-state index contributed by atoms with van der Waals surface area (Å²) in [5, 5.41) is 8.93.